The van der Waals surface area contributed by atoms with Crippen molar-refractivity contribution in [1.82, 2.24) is 5.32 Å². The van der Waals surface area contributed by atoms with Gasteiger partial charge in [0.2, 0.25) is 0 Å². The molecule has 0 aliphatic heterocycles. The minimum Gasteiger partial charge on any atom is -0.504 e. The van der Waals surface area contributed by atoms with Gasteiger partial charge < -0.3 is 15.2 Å². The van der Waals surface area contributed by atoms with Gasteiger partial charge in [-0.05, 0) is 29.1 Å². The second-order valence-corrected chi connectivity index (χ2v) is 4.72. The number of phenolic OH excluding ortho intramolecular Hbond substituents is 1. The summed E-state index contributed by atoms with van der Waals surface area (Å²) in [6.07, 6.45) is 0. The predicted octanol–water partition coefficient (Wildman–Crippen LogP) is 2.75. The van der Waals surface area contributed by atoms with Gasteiger partial charge in [0.05, 0.1) is 7.11 Å². The Morgan fingerprint density at radius 2 is 2.18 bits per heavy atom. The van der Waals surface area contributed by atoms with Crippen molar-refractivity contribution in [3.63, 3.8) is 0 Å². The first-order valence-corrected chi connectivity index (χ1v) is 6.26. The molecule has 0 fully saturated rings. The summed E-state index contributed by atoms with van der Waals surface area (Å²) in [5.41, 5.74) is 1.04. The molecule has 1 heterocycles. The Bertz CT molecular complexity index is 468. The maximum Gasteiger partial charge on any atom is 0.160 e. The first-order valence-electron chi connectivity index (χ1n) is 5.38. The van der Waals surface area contributed by atoms with Crippen LogP contribution in [0.4, 0.5) is 0 Å². The minimum absolute atomic E-state index is 0.183. The smallest absolute Gasteiger partial charge is 0.160 e. The molecule has 0 amide bonds. The molecule has 0 unspecified atom stereocenters. The molecule has 90 valence electrons. The van der Waals surface area contributed by atoms with Gasteiger partial charge in [0, 0.05) is 18.0 Å². The zero-order valence-electron chi connectivity index (χ0n) is 9.64. The van der Waals surface area contributed by atoms with Crippen molar-refractivity contribution < 1.29 is 9.84 Å². The Labute approximate surface area is 105 Å². The molecule has 1 aromatic carbocycles. The summed E-state index contributed by atoms with van der Waals surface area (Å²) in [4.78, 5) is 1.31. The van der Waals surface area contributed by atoms with Gasteiger partial charge in [-0.1, -0.05) is 12.1 Å². The molecule has 0 saturated heterocycles. The van der Waals surface area contributed by atoms with Crippen molar-refractivity contribution in [3.8, 4) is 11.5 Å². The molecule has 2 rings (SSSR count). The van der Waals surface area contributed by atoms with E-state index in [9.17, 15) is 5.11 Å². The monoisotopic (exact) mass is 249 g/mol. The molecule has 0 aliphatic rings. The Morgan fingerprint density at radius 3 is 2.82 bits per heavy atom. The van der Waals surface area contributed by atoms with Crippen LogP contribution in [0, 0.1) is 0 Å². The lowest BCUT2D eigenvalue weighted by atomic mass is 10.2. The fourth-order valence-electron chi connectivity index (χ4n) is 1.59. The molecule has 4 heteroatoms. The summed E-state index contributed by atoms with van der Waals surface area (Å²) in [5, 5.41) is 15.0. The van der Waals surface area contributed by atoms with Gasteiger partial charge in [-0.2, -0.15) is 0 Å². The quantitative estimate of drug-likeness (QED) is 0.856. The van der Waals surface area contributed by atoms with Gasteiger partial charge in [0.15, 0.2) is 11.5 Å². The van der Waals surface area contributed by atoms with E-state index in [2.05, 4.69) is 16.8 Å². The number of nitrogens with one attached hydrogen (secondary N) is 1. The van der Waals surface area contributed by atoms with Crippen LogP contribution >= 0.6 is 11.3 Å². The SMILES string of the molecule is COc1ccc(CNCc2cccs2)cc1O. The lowest BCUT2D eigenvalue weighted by Gasteiger charge is -2.07. The molecular formula is C13H15NO2S. The number of hydrogen-bond acceptors (Lipinski definition) is 4. The molecule has 1 aromatic heterocycles. The Hall–Kier alpha value is -1.52. The Morgan fingerprint density at radius 1 is 1.29 bits per heavy atom. The van der Waals surface area contributed by atoms with Crippen molar-refractivity contribution in [3.05, 3.63) is 46.2 Å². The maximum atomic E-state index is 9.62. The largest absolute Gasteiger partial charge is 0.504 e. The van der Waals surface area contributed by atoms with Crippen molar-refractivity contribution >= 4 is 11.3 Å². The summed E-state index contributed by atoms with van der Waals surface area (Å²) >= 11 is 1.74. The van der Waals surface area contributed by atoms with E-state index in [1.165, 1.54) is 4.88 Å². The zero-order chi connectivity index (χ0) is 12.1. The van der Waals surface area contributed by atoms with E-state index in [0.29, 0.717) is 5.75 Å². The van der Waals surface area contributed by atoms with Crippen molar-refractivity contribution in [2.24, 2.45) is 0 Å². The molecular weight excluding hydrogens is 234 g/mol. The van der Waals surface area contributed by atoms with E-state index in [4.69, 9.17) is 4.74 Å². The van der Waals surface area contributed by atoms with Crippen LogP contribution in [0.15, 0.2) is 35.7 Å². The molecule has 2 aromatic rings. The molecule has 0 spiro atoms. The summed E-state index contributed by atoms with van der Waals surface area (Å²) in [6.45, 7) is 1.58. The van der Waals surface area contributed by atoms with Crippen molar-refractivity contribution in [1.29, 1.82) is 0 Å². The Kier molecular flexibility index (Phi) is 4.01. The minimum atomic E-state index is 0.183. The summed E-state index contributed by atoms with van der Waals surface area (Å²) in [7, 11) is 1.55. The van der Waals surface area contributed by atoms with Gasteiger partial charge in [0.1, 0.15) is 0 Å². The highest BCUT2D eigenvalue weighted by Crippen LogP contribution is 2.26. The molecule has 3 nitrogen and oxygen atoms in total. The van der Waals surface area contributed by atoms with Crippen LogP contribution in [-0.4, -0.2) is 12.2 Å². The first-order chi connectivity index (χ1) is 8.29. The van der Waals surface area contributed by atoms with Gasteiger partial charge in [-0.25, -0.2) is 0 Å². The fourth-order valence-corrected chi connectivity index (χ4v) is 2.26. The number of methoxy groups -OCH3 is 1. The molecule has 0 radical (unpaired) electrons. The number of aromatic hydroxyl groups is 1. The highest BCUT2D eigenvalue weighted by molar-refractivity contribution is 7.09. The van der Waals surface area contributed by atoms with E-state index in [1.54, 1.807) is 30.6 Å². The predicted molar refractivity (Wildman–Crippen MR) is 69.5 cm³/mol. The van der Waals surface area contributed by atoms with Gasteiger partial charge in [-0.3, -0.25) is 0 Å². The zero-order valence-corrected chi connectivity index (χ0v) is 10.5. The summed E-state index contributed by atoms with van der Waals surface area (Å²) in [6, 6.07) is 9.59. The molecule has 2 N–H and O–H groups in total. The molecule has 0 aliphatic carbocycles. The third-order valence-corrected chi connectivity index (χ3v) is 3.33. The van der Waals surface area contributed by atoms with E-state index >= 15 is 0 Å². The number of benzene rings is 1. The molecule has 0 atom stereocenters. The van der Waals surface area contributed by atoms with E-state index in [-0.39, 0.29) is 5.75 Å². The summed E-state index contributed by atoms with van der Waals surface area (Å²) < 4.78 is 4.99. The molecule has 0 bridgehead atoms. The van der Waals surface area contributed by atoms with E-state index < -0.39 is 0 Å². The number of phenols is 1. The van der Waals surface area contributed by atoms with Crippen LogP contribution in [0.2, 0.25) is 0 Å². The lowest BCUT2D eigenvalue weighted by molar-refractivity contribution is 0.373. The van der Waals surface area contributed by atoms with E-state index in [0.717, 1.165) is 18.7 Å². The van der Waals surface area contributed by atoms with Gasteiger partial charge in [-0.15, -0.1) is 11.3 Å². The van der Waals surface area contributed by atoms with Crippen LogP contribution in [0.1, 0.15) is 10.4 Å². The number of thiophene rings is 1. The van der Waals surface area contributed by atoms with Crippen molar-refractivity contribution in [2.45, 2.75) is 13.1 Å². The second-order valence-electron chi connectivity index (χ2n) is 3.69. The van der Waals surface area contributed by atoms with Crippen LogP contribution in [0.5, 0.6) is 11.5 Å². The standard InChI is InChI=1S/C13H15NO2S/c1-16-13-5-4-10(7-12(13)15)8-14-9-11-3-2-6-17-11/h2-7,14-15H,8-9H2,1H3. The average Bonchev–Trinajstić information content (AvgIpc) is 2.82. The molecule has 17 heavy (non-hydrogen) atoms. The van der Waals surface area contributed by atoms with Crippen LogP contribution in [0.3, 0.4) is 0 Å². The number of ether oxygens (including phenoxy) is 1. The van der Waals surface area contributed by atoms with Crippen LogP contribution < -0.4 is 10.1 Å². The second kappa shape index (κ2) is 5.70. The van der Waals surface area contributed by atoms with Crippen LogP contribution in [0.25, 0.3) is 0 Å². The number of hydrogen-bond donors (Lipinski definition) is 2. The van der Waals surface area contributed by atoms with E-state index in [1.807, 2.05) is 12.1 Å². The third kappa shape index (κ3) is 3.22. The highest BCUT2D eigenvalue weighted by Gasteiger charge is 2.02. The van der Waals surface area contributed by atoms with Crippen molar-refractivity contribution in [2.75, 3.05) is 7.11 Å². The lowest BCUT2D eigenvalue weighted by Crippen LogP contribution is -2.11. The van der Waals surface area contributed by atoms with Crippen LogP contribution in [-0.2, 0) is 13.1 Å². The Balaban J connectivity index is 1.89. The fraction of sp³-hybridized carbons (Fsp3) is 0.231. The van der Waals surface area contributed by atoms with Gasteiger partial charge >= 0.3 is 0 Å². The maximum absolute atomic E-state index is 9.62. The topological polar surface area (TPSA) is 41.5 Å². The normalized spacial score (nSPS) is 10.4. The molecule has 0 saturated carbocycles. The first kappa shape index (κ1) is 12.0. The summed E-state index contributed by atoms with van der Waals surface area (Å²) in [5.74, 6) is 0.690. The average molecular weight is 249 g/mol. The number of rotatable bonds is 5. The third-order valence-electron chi connectivity index (χ3n) is 2.45. The highest BCUT2D eigenvalue weighted by atomic mass is 32.1. The van der Waals surface area contributed by atoms with Gasteiger partial charge in [0.25, 0.3) is 0 Å².